The molecule has 7 heteroatoms. The van der Waals surface area contributed by atoms with Crippen LogP contribution < -0.4 is 10.5 Å². The van der Waals surface area contributed by atoms with Gasteiger partial charge in [-0.1, -0.05) is 32.9 Å². The van der Waals surface area contributed by atoms with Crippen molar-refractivity contribution in [3.63, 3.8) is 0 Å². The van der Waals surface area contributed by atoms with E-state index in [4.69, 9.17) is 15.2 Å². The quantitative estimate of drug-likeness (QED) is 0.530. The molecule has 1 saturated heterocycles. The molecule has 1 fully saturated rings. The standard InChI is InChI=1S/C22H32N2O5/c1-22(2,3)17-6-8-18(9-7-17)28-14-4-5-20(26)29-15-19(25)24-12-10-16(11-13-24)21(23)27/h6-9,16H,4-5,10-15H2,1-3H3,(H2,23,27). The number of rotatable bonds is 8. The number of likely N-dealkylation sites (tertiary alicyclic amines) is 1. The fourth-order valence-corrected chi connectivity index (χ4v) is 3.18. The van der Waals surface area contributed by atoms with Gasteiger partial charge in [-0.3, -0.25) is 14.4 Å². The third kappa shape index (κ3) is 7.40. The van der Waals surface area contributed by atoms with E-state index in [1.165, 1.54) is 5.56 Å². The first kappa shape index (κ1) is 22.7. The summed E-state index contributed by atoms with van der Waals surface area (Å²) in [6, 6.07) is 7.95. The van der Waals surface area contributed by atoms with Crippen molar-refractivity contribution in [3.8, 4) is 5.75 Å². The highest BCUT2D eigenvalue weighted by Gasteiger charge is 2.26. The summed E-state index contributed by atoms with van der Waals surface area (Å²) >= 11 is 0. The maximum Gasteiger partial charge on any atom is 0.306 e. The lowest BCUT2D eigenvalue weighted by Gasteiger charge is -2.30. The molecule has 2 rings (SSSR count). The van der Waals surface area contributed by atoms with Crippen LogP contribution in [0, 0.1) is 5.92 Å². The molecule has 1 aliphatic heterocycles. The number of piperidine rings is 1. The Hall–Kier alpha value is -2.57. The Morgan fingerprint density at radius 3 is 2.28 bits per heavy atom. The number of benzene rings is 1. The van der Waals surface area contributed by atoms with Gasteiger partial charge in [-0.2, -0.15) is 0 Å². The Bertz CT molecular complexity index is 701. The first-order chi connectivity index (χ1) is 13.7. The number of primary amides is 1. The molecule has 0 radical (unpaired) electrons. The molecule has 1 aromatic carbocycles. The van der Waals surface area contributed by atoms with E-state index in [0.717, 1.165) is 5.75 Å². The fraction of sp³-hybridized carbons (Fsp3) is 0.591. The Morgan fingerprint density at radius 1 is 1.10 bits per heavy atom. The van der Waals surface area contributed by atoms with Crippen LogP contribution in [0.15, 0.2) is 24.3 Å². The SMILES string of the molecule is CC(C)(C)c1ccc(OCCCC(=O)OCC(=O)N2CCC(C(N)=O)CC2)cc1. The van der Waals surface area contributed by atoms with Crippen LogP contribution in [0.4, 0.5) is 0 Å². The number of ether oxygens (including phenoxy) is 2. The Kier molecular flexibility index (Phi) is 8.05. The van der Waals surface area contributed by atoms with Crippen molar-refractivity contribution in [1.82, 2.24) is 4.90 Å². The number of nitrogens with zero attached hydrogens (tertiary/aromatic N) is 1. The Balaban J connectivity index is 1.60. The van der Waals surface area contributed by atoms with Crippen molar-refractivity contribution >= 4 is 17.8 Å². The monoisotopic (exact) mass is 404 g/mol. The highest BCUT2D eigenvalue weighted by molar-refractivity contribution is 5.81. The first-order valence-corrected chi connectivity index (χ1v) is 10.1. The molecular weight excluding hydrogens is 372 g/mol. The van der Waals surface area contributed by atoms with E-state index >= 15 is 0 Å². The van der Waals surface area contributed by atoms with Crippen molar-refractivity contribution < 1.29 is 23.9 Å². The van der Waals surface area contributed by atoms with Crippen LogP contribution in [0.5, 0.6) is 5.75 Å². The number of carbonyl (C=O) groups excluding carboxylic acids is 3. The number of carbonyl (C=O) groups is 3. The molecule has 160 valence electrons. The molecule has 0 unspecified atom stereocenters. The largest absolute Gasteiger partial charge is 0.494 e. The molecule has 0 aliphatic carbocycles. The number of hydrogen-bond donors (Lipinski definition) is 1. The summed E-state index contributed by atoms with van der Waals surface area (Å²) in [7, 11) is 0. The van der Waals surface area contributed by atoms with E-state index < -0.39 is 5.97 Å². The third-order valence-corrected chi connectivity index (χ3v) is 5.12. The lowest BCUT2D eigenvalue weighted by molar-refractivity contribution is -0.152. The van der Waals surface area contributed by atoms with Crippen molar-refractivity contribution in [2.75, 3.05) is 26.3 Å². The Labute approximate surface area is 172 Å². The molecule has 1 aromatic rings. The molecule has 0 aromatic heterocycles. The van der Waals surface area contributed by atoms with Gasteiger partial charge in [0.25, 0.3) is 5.91 Å². The molecule has 2 N–H and O–H groups in total. The summed E-state index contributed by atoms with van der Waals surface area (Å²) in [4.78, 5) is 36.7. The highest BCUT2D eigenvalue weighted by atomic mass is 16.5. The van der Waals surface area contributed by atoms with E-state index in [1.807, 2.05) is 24.3 Å². The van der Waals surface area contributed by atoms with Crippen LogP contribution in [0.1, 0.15) is 52.0 Å². The smallest absolute Gasteiger partial charge is 0.306 e. The minimum atomic E-state index is -0.419. The summed E-state index contributed by atoms with van der Waals surface area (Å²) in [6.45, 7) is 7.53. The van der Waals surface area contributed by atoms with E-state index in [1.54, 1.807) is 4.90 Å². The average molecular weight is 405 g/mol. The van der Waals surface area contributed by atoms with Crippen LogP contribution in [0.25, 0.3) is 0 Å². The second-order valence-electron chi connectivity index (χ2n) is 8.44. The number of esters is 1. The maximum atomic E-state index is 12.1. The zero-order valence-corrected chi connectivity index (χ0v) is 17.6. The molecule has 2 amide bonds. The van der Waals surface area contributed by atoms with Crippen molar-refractivity contribution in [1.29, 1.82) is 0 Å². The predicted octanol–water partition coefficient (Wildman–Crippen LogP) is 2.41. The predicted molar refractivity (Wildman–Crippen MR) is 109 cm³/mol. The van der Waals surface area contributed by atoms with E-state index in [-0.39, 0.29) is 36.2 Å². The van der Waals surface area contributed by atoms with Gasteiger partial charge in [0, 0.05) is 25.4 Å². The molecule has 7 nitrogen and oxygen atoms in total. The summed E-state index contributed by atoms with van der Waals surface area (Å²) < 4.78 is 10.7. The highest BCUT2D eigenvalue weighted by Crippen LogP contribution is 2.24. The zero-order chi connectivity index (χ0) is 21.4. The van der Waals surface area contributed by atoms with Gasteiger partial charge in [0.2, 0.25) is 5.91 Å². The Morgan fingerprint density at radius 2 is 1.72 bits per heavy atom. The number of nitrogens with two attached hydrogens (primary N) is 1. The lowest BCUT2D eigenvalue weighted by atomic mass is 9.87. The summed E-state index contributed by atoms with van der Waals surface area (Å²) in [5.41, 5.74) is 6.61. The van der Waals surface area contributed by atoms with Crippen LogP contribution in [0.3, 0.4) is 0 Å². The van der Waals surface area contributed by atoms with Crippen LogP contribution in [-0.4, -0.2) is 49.0 Å². The van der Waals surface area contributed by atoms with Crippen LogP contribution >= 0.6 is 0 Å². The summed E-state index contributed by atoms with van der Waals surface area (Å²) in [5, 5.41) is 0. The van der Waals surface area contributed by atoms with E-state index in [9.17, 15) is 14.4 Å². The second-order valence-corrected chi connectivity index (χ2v) is 8.44. The van der Waals surface area contributed by atoms with Crippen LogP contribution in [0.2, 0.25) is 0 Å². The number of hydrogen-bond acceptors (Lipinski definition) is 5. The second kappa shape index (κ2) is 10.3. The zero-order valence-electron chi connectivity index (χ0n) is 17.6. The molecule has 0 saturated carbocycles. The topological polar surface area (TPSA) is 98.9 Å². The molecule has 1 heterocycles. The van der Waals surface area contributed by atoms with Gasteiger partial charge in [-0.15, -0.1) is 0 Å². The van der Waals surface area contributed by atoms with Gasteiger partial charge in [0.15, 0.2) is 6.61 Å². The van der Waals surface area contributed by atoms with Crippen molar-refractivity contribution in [2.45, 2.75) is 51.9 Å². The minimum absolute atomic E-state index is 0.0947. The van der Waals surface area contributed by atoms with Crippen LogP contribution in [-0.2, 0) is 24.5 Å². The lowest BCUT2D eigenvalue weighted by Crippen LogP contribution is -2.43. The molecule has 0 spiro atoms. The van der Waals surface area contributed by atoms with Gasteiger partial charge in [-0.25, -0.2) is 0 Å². The van der Waals surface area contributed by atoms with Gasteiger partial charge < -0.3 is 20.1 Å². The average Bonchev–Trinajstić information content (AvgIpc) is 2.69. The van der Waals surface area contributed by atoms with Gasteiger partial charge in [-0.05, 0) is 42.4 Å². The van der Waals surface area contributed by atoms with Gasteiger partial charge in [0.1, 0.15) is 5.75 Å². The van der Waals surface area contributed by atoms with E-state index in [0.29, 0.717) is 39.0 Å². The van der Waals surface area contributed by atoms with Gasteiger partial charge in [0.05, 0.1) is 6.61 Å². The molecule has 0 bridgehead atoms. The fourth-order valence-electron chi connectivity index (χ4n) is 3.18. The molecule has 29 heavy (non-hydrogen) atoms. The number of amides is 2. The van der Waals surface area contributed by atoms with Crippen molar-refractivity contribution in [3.05, 3.63) is 29.8 Å². The maximum absolute atomic E-state index is 12.1. The van der Waals surface area contributed by atoms with Gasteiger partial charge >= 0.3 is 5.97 Å². The minimum Gasteiger partial charge on any atom is -0.494 e. The normalized spacial score (nSPS) is 15.1. The molecule has 0 atom stereocenters. The van der Waals surface area contributed by atoms with E-state index in [2.05, 4.69) is 20.8 Å². The summed E-state index contributed by atoms with van der Waals surface area (Å²) in [5.74, 6) is -0.392. The molecular formula is C22H32N2O5. The summed E-state index contributed by atoms with van der Waals surface area (Å²) in [6.07, 6.45) is 1.82. The third-order valence-electron chi connectivity index (χ3n) is 5.12. The van der Waals surface area contributed by atoms with Crippen molar-refractivity contribution in [2.24, 2.45) is 11.7 Å². The first-order valence-electron chi connectivity index (χ1n) is 10.1. The molecule has 1 aliphatic rings.